The zero-order chi connectivity index (χ0) is 33.5. The number of hydrogen-bond donors (Lipinski definition) is 3. The second-order valence-corrected chi connectivity index (χ2v) is 13.6. The van der Waals surface area contributed by atoms with Crippen molar-refractivity contribution in [2.75, 3.05) is 18.6 Å². The molecule has 46 heavy (non-hydrogen) atoms. The summed E-state index contributed by atoms with van der Waals surface area (Å²) < 4.78 is 45.6. The maximum Gasteiger partial charge on any atom is 0.323 e. The average Bonchev–Trinajstić information content (AvgIpc) is 3.59. The molecule has 1 saturated heterocycles. The average molecular weight is 706 g/mol. The van der Waals surface area contributed by atoms with Crippen LogP contribution in [0.2, 0.25) is 0 Å². The fourth-order valence-electron chi connectivity index (χ4n) is 4.72. The van der Waals surface area contributed by atoms with Crippen molar-refractivity contribution in [1.29, 1.82) is 0 Å². The number of allylic oxidation sites excluding steroid dienone is 1. The molecule has 2 aromatic carbocycles. The van der Waals surface area contributed by atoms with E-state index in [9.17, 15) is 37.3 Å². The van der Waals surface area contributed by atoms with Gasteiger partial charge in [-0.3, -0.25) is 33.2 Å². The molecule has 2 aliphatic rings. The van der Waals surface area contributed by atoms with E-state index >= 15 is 0 Å². The number of benzene rings is 2. The van der Waals surface area contributed by atoms with Crippen molar-refractivity contribution >= 4 is 86.0 Å². The summed E-state index contributed by atoms with van der Waals surface area (Å²) in [6.07, 6.45) is 1.50. The Morgan fingerprint density at radius 3 is 2.41 bits per heavy atom. The lowest BCUT2D eigenvalue weighted by Crippen LogP contribution is -2.36. The van der Waals surface area contributed by atoms with E-state index in [1.54, 1.807) is 36.1 Å². The smallest absolute Gasteiger partial charge is 0.323 e. The fraction of sp³-hybridized carbons (Fsp3) is 0.179. The number of nitrogens with zero attached hydrogens (tertiary/aromatic N) is 3. The van der Waals surface area contributed by atoms with Gasteiger partial charge in [0.1, 0.15) is 23.5 Å². The molecule has 3 heterocycles. The van der Waals surface area contributed by atoms with Gasteiger partial charge in [-0.25, -0.2) is 0 Å². The van der Waals surface area contributed by atoms with Crippen molar-refractivity contribution in [3.63, 3.8) is 0 Å². The van der Waals surface area contributed by atoms with Crippen LogP contribution < -0.4 is 24.4 Å². The molecule has 2 aliphatic heterocycles. The number of hydrogen-bond acceptors (Lipinski definition) is 12. The van der Waals surface area contributed by atoms with Gasteiger partial charge in [0.25, 0.3) is 20.9 Å². The normalized spacial score (nSPS) is 17.3. The lowest BCUT2D eigenvalue weighted by molar-refractivity contribution is -0.140. The molecule has 0 aliphatic carbocycles. The highest BCUT2D eigenvalue weighted by Crippen LogP contribution is 2.49. The zero-order valence-electron chi connectivity index (χ0n) is 23.8. The van der Waals surface area contributed by atoms with Crippen LogP contribution >= 0.6 is 35.3 Å². The summed E-state index contributed by atoms with van der Waals surface area (Å²) in [6.45, 7) is 0.0821. The van der Waals surface area contributed by atoms with Gasteiger partial charge in [-0.15, -0.1) is 11.3 Å². The van der Waals surface area contributed by atoms with Gasteiger partial charge in [0, 0.05) is 11.0 Å². The molecule has 240 valence electrons. The molecule has 0 spiro atoms. The van der Waals surface area contributed by atoms with Gasteiger partial charge in [0.15, 0.2) is 0 Å². The number of thiocarbonyl (C=S) groups is 1. The molecule has 0 bridgehead atoms. The van der Waals surface area contributed by atoms with Crippen LogP contribution in [0.15, 0.2) is 67.7 Å². The largest absolute Gasteiger partial charge is 0.497 e. The molecular weight excluding hydrogens is 683 g/mol. The first-order chi connectivity index (χ1) is 21.7. The minimum atomic E-state index is -4.56. The van der Waals surface area contributed by atoms with Crippen molar-refractivity contribution in [1.82, 2.24) is 9.47 Å². The number of aliphatic carboxylic acids is 2. The van der Waals surface area contributed by atoms with Crippen LogP contribution in [0.4, 0.5) is 5.69 Å². The maximum absolute atomic E-state index is 13.5. The molecular formula is C28H23N3O11S4. The Labute approximate surface area is 273 Å². The Balaban J connectivity index is 1.69. The molecule has 0 unspecified atom stereocenters. The highest BCUT2D eigenvalue weighted by Gasteiger charge is 2.37. The number of thiazole rings is 1. The summed E-state index contributed by atoms with van der Waals surface area (Å²) in [5.41, 5.74) is 0.729. The maximum atomic E-state index is 13.5. The molecule has 3 N–H and O–H groups in total. The third-order valence-electron chi connectivity index (χ3n) is 6.71. The predicted molar refractivity (Wildman–Crippen MR) is 170 cm³/mol. The quantitative estimate of drug-likeness (QED) is 0.214. The Morgan fingerprint density at radius 2 is 1.76 bits per heavy atom. The van der Waals surface area contributed by atoms with E-state index in [0.717, 1.165) is 20.8 Å². The number of carbonyl (C=O) groups is 3. The van der Waals surface area contributed by atoms with E-state index in [0.29, 0.717) is 32.5 Å². The standard InChI is InChI=1S/C28H23N3O11S4/c1-14(9-19-24(36)30(12-21(32)33)27(45-19)23-25(37)31(13-22(34)35)28(43)42-23)26-29(17-10-16(41-2)7-8-18(17)44-26)11-15-5-3-4-6-20(15)46(38,39)40/h3-10H,11-13H2,1-2H3,(H,32,33)(H,34,35)(H,38,39,40)/b19-9?,26-14+,27-23+. The minimum absolute atomic E-state index is 0.000292. The molecule has 0 atom stereocenters. The zero-order valence-corrected chi connectivity index (χ0v) is 27.1. The molecule has 3 aromatic rings. The van der Waals surface area contributed by atoms with Crippen molar-refractivity contribution in [3.8, 4) is 5.75 Å². The highest BCUT2D eigenvalue weighted by atomic mass is 32.2. The van der Waals surface area contributed by atoms with Gasteiger partial charge >= 0.3 is 17.8 Å². The van der Waals surface area contributed by atoms with E-state index in [-0.39, 0.29) is 20.6 Å². The number of methoxy groups -OCH3 is 1. The van der Waals surface area contributed by atoms with E-state index in [2.05, 4.69) is 0 Å². The number of fused-ring (bicyclic) bond motifs is 1. The highest BCUT2D eigenvalue weighted by molar-refractivity contribution is 8.03. The fourth-order valence-corrected chi connectivity index (χ4v) is 7.90. The molecule has 14 nitrogen and oxygen atoms in total. The molecule has 5 rings (SSSR count). The number of anilines is 1. The molecule has 1 aromatic heterocycles. The Bertz CT molecular complexity index is 2150. The lowest BCUT2D eigenvalue weighted by Gasteiger charge is -2.23. The van der Waals surface area contributed by atoms with Gasteiger partial charge < -0.3 is 24.6 Å². The number of amides is 1. The predicted octanol–water partition coefficient (Wildman–Crippen LogP) is 1.41. The van der Waals surface area contributed by atoms with Gasteiger partial charge in [-0.05, 0) is 54.6 Å². The number of thioether (sulfide) groups is 1. The number of carbonyl (C=O) groups excluding carboxylic acids is 1. The van der Waals surface area contributed by atoms with Crippen molar-refractivity contribution in [2.24, 2.45) is 0 Å². The SMILES string of the molecule is COc1ccc2c(c1)N(Cc1ccccc1S(=O)(=O)O)/C(=C(/C)C=c1s/c(=C3/OC(=S)N(CC(=O)O)C3=O)n(CC(=O)O)c1=O)S2. The molecule has 1 fully saturated rings. The first-order valence-electron chi connectivity index (χ1n) is 13.0. The van der Waals surface area contributed by atoms with Crippen LogP contribution in [-0.2, 0) is 42.3 Å². The number of aromatic nitrogens is 1. The van der Waals surface area contributed by atoms with E-state index in [1.165, 1.54) is 37.1 Å². The minimum Gasteiger partial charge on any atom is -0.497 e. The van der Waals surface area contributed by atoms with Gasteiger partial charge in [-0.1, -0.05) is 30.0 Å². The Kier molecular flexibility index (Phi) is 9.09. The second-order valence-electron chi connectivity index (χ2n) is 9.78. The van der Waals surface area contributed by atoms with Crippen molar-refractivity contribution in [3.05, 3.63) is 78.2 Å². The number of ether oxygens (including phenoxy) is 2. The second kappa shape index (κ2) is 12.7. The van der Waals surface area contributed by atoms with Crippen LogP contribution in [0.3, 0.4) is 0 Å². The Hall–Kier alpha value is -4.49. The number of carboxylic acid groups (broad SMARTS) is 2. The van der Waals surface area contributed by atoms with E-state index in [1.807, 2.05) is 6.07 Å². The number of rotatable bonds is 9. The van der Waals surface area contributed by atoms with Gasteiger partial charge in [-0.2, -0.15) is 8.42 Å². The lowest BCUT2D eigenvalue weighted by atomic mass is 10.2. The van der Waals surface area contributed by atoms with E-state index < -0.39 is 57.5 Å². The summed E-state index contributed by atoms with van der Waals surface area (Å²) >= 11 is 7.08. The molecule has 0 radical (unpaired) electrons. The van der Waals surface area contributed by atoms with E-state index in [4.69, 9.17) is 26.8 Å². The van der Waals surface area contributed by atoms with Crippen LogP contribution in [0, 0.1) is 0 Å². The monoisotopic (exact) mass is 705 g/mol. The Morgan fingerprint density at radius 1 is 1.07 bits per heavy atom. The van der Waals surface area contributed by atoms with Crippen LogP contribution in [-0.4, -0.2) is 69.3 Å². The van der Waals surface area contributed by atoms with Crippen molar-refractivity contribution in [2.45, 2.75) is 29.8 Å². The van der Waals surface area contributed by atoms with Crippen LogP contribution in [0.25, 0.3) is 11.8 Å². The summed E-state index contributed by atoms with van der Waals surface area (Å²) in [6, 6.07) is 11.3. The van der Waals surface area contributed by atoms with Gasteiger partial charge in [0.05, 0.1) is 33.8 Å². The third kappa shape index (κ3) is 6.42. The molecule has 1 amide bonds. The summed E-state index contributed by atoms with van der Waals surface area (Å²) in [4.78, 5) is 52.4. The molecule has 0 saturated carbocycles. The first-order valence-corrected chi connectivity index (χ1v) is 16.5. The van der Waals surface area contributed by atoms with Crippen LogP contribution in [0.5, 0.6) is 5.75 Å². The third-order valence-corrected chi connectivity index (χ3v) is 10.4. The van der Waals surface area contributed by atoms with Gasteiger partial charge in [0.2, 0.25) is 5.76 Å². The summed E-state index contributed by atoms with van der Waals surface area (Å²) in [7, 11) is -3.06. The summed E-state index contributed by atoms with van der Waals surface area (Å²) in [5, 5.41) is 18.8. The first kappa shape index (κ1) is 32.9. The topological polar surface area (TPSA) is 193 Å². The number of carboxylic acids is 2. The van der Waals surface area contributed by atoms with Crippen molar-refractivity contribution < 1.29 is 47.0 Å². The summed E-state index contributed by atoms with van der Waals surface area (Å²) in [5.74, 6) is -3.62. The van der Waals surface area contributed by atoms with Crippen LogP contribution in [0.1, 0.15) is 12.5 Å². The molecule has 18 heteroatoms.